The maximum Gasteiger partial charge on any atom is 0.338 e. The van der Waals surface area contributed by atoms with Crippen molar-refractivity contribution in [2.24, 2.45) is 0 Å². The zero-order chi connectivity index (χ0) is 19.6. The molecule has 0 aliphatic heterocycles. The van der Waals surface area contributed by atoms with Crippen LogP contribution in [-0.4, -0.2) is 31.7 Å². The molecular weight excluding hydrogens is 370 g/mol. The average Bonchev–Trinajstić information content (AvgIpc) is 2.67. The van der Waals surface area contributed by atoms with Crippen molar-refractivity contribution in [3.63, 3.8) is 0 Å². The molecule has 0 bridgehead atoms. The predicted molar refractivity (Wildman–Crippen MR) is 102 cm³/mol. The highest BCUT2D eigenvalue weighted by molar-refractivity contribution is 6.31. The largest absolute Gasteiger partial charge is 0.490 e. The molecule has 0 aliphatic carbocycles. The molecular formula is C20H22ClNO5. The molecule has 0 fully saturated rings. The van der Waals surface area contributed by atoms with Gasteiger partial charge in [-0.1, -0.05) is 29.8 Å². The molecule has 144 valence electrons. The highest BCUT2D eigenvalue weighted by atomic mass is 35.5. The summed E-state index contributed by atoms with van der Waals surface area (Å²) in [6, 6.07) is 11.9. The van der Waals surface area contributed by atoms with E-state index < -0.39 is 11.9 Å². The third-order valence-corrected chi connectivity index (χ3v) is 3.92. The Morgan fingerprint density at radius 1 is 1.00 bits per heavy atom. The van der Waals surface area contributed by atoms with Crippen molar-refractivity contribution in [3.8, 4) is 11.5 Å². The van der Waals surface area contributed by atoms with Crippen molar-refractivity contribution in [1.82, 2.24) is 5.32 Å². The Labute approximate surface area is 163 Å². The lowest BCUT2D eigenvalue weighted by molar-refractivity contribution is -0.124. The summed E-state index contributed by atoms with van der Waals surface area (Å²) in [5, 5.41) is 3.22. The zero-order valence-electron chi connectivity index (χ0n) is 15.3. The van der Waals surface area contributed by atoms with Gasteiger partial charge in [0.25, 0.3) is 5.91 Å². The van der Waals surface area contributed by atoms with Gasteiger partial charge in [-0.2, -0.15) is 0 Å². The van der Waals surface area contributed by atoms with Crippen molar-refractivity contribution in [1.29, 1.82) is 0 Å². The second-order valence-corrected chi connectivity index (χ2v) is 5.88. The molecule has 1 N–H and O–H groups in total. The summed E-state index contributed by atoms with van der Waals surface area (Å²) in [4.78, 5) is 24.1. The Bertz CT molecular complexity index is 794. The first-order chi connectivity index (χ1) is 13.0. The Hall–Kier alpha value is -2.73. The van der Waals surface area contributed by atoms with Crippen LogP contribution >= 0.6 is 11.6 Å². The van der Waals surface area contributed by atoms with Gasteiger partial charge in [0.2, 0.25) is 0 Å². The lowest BCUT2D eigenvalue weighted by Crippen LogP contribution is -2.28. The van der Waals surface area contributed by atoms with E-state index in [1.165, 1.54) is 0 Å². The minimum Gasteiger partial charge on any atom is -0.490 e. The van der Waals surface area contributed by atoms with E-state index in [2.05, 4.69) is 5.32 Å². The van der Waals surface area contributed by atoms with Crippen LogP contribution in [0.3, 0.4) is 0 Å². The van der Waals surface area contributed by atoms with Crippen molar-refractivity contribution in [2.45, 2.75) is 20.4 Å². The minimum absolute atomic E-state index is 0.258. The summed E-state index contributed by atoms with van der Waals surface area (Å²) in [6.45, 7) is 4.48. The van der Waals surface area contributed by atoms with E-state index in [4.69, 9.17) is 25.8 Å². The van der Waals surface area contributed by atoms with E-state index in [1.807, 2.05) is 32.0 Å². The fourth-order valence-corrected chi connectivity index (χ4v) is 2.48. The summed E-state index contributed by atoms with van der Waals surface area (Å²) in [5.41, 5.74) is 1.06. The molecule has 27 heavy (non-hydrogen) atoms. The highest BCUT2D eigenvalue weighted by Crippen LogP contribution is 2.28. The normalized spacial score (nSPS) is 10.2. The lowest BCUT2D eigenvalue weighted by atomic mass is 10.2. The number of esters is 1. The van der Waals surface area contributed by atoms with Gasteiger partial charge in [0, 0.05) is 11.6 Å². The van der Waals surface area contributed by atoms with Crippen LogP contribution in [0.25, 0.3) is 0 Å². The third kappa shape index (κ3) is 6.18. The zero-order valence-corrected chi connectivity index (χ0v) is 16.0. The van der Waals surface area contributed by atoms with Gasteiger partial charge in [-0.3, -0.25) is 4.79 Å². The maximum atomic E-state index is 12.2. The van der Waals surface area contributed by atoms with Gasteiger partial charge in [0.05, 0.1) is 18.8 Å². The van der Waals surface area contributed by atoms with Crippen LogP contribution in [0.5, 0.6) is 11.5 Å². The Balaban J connectivity index is 1.90. The third-order valence-electron chi connectivity index (χ3n) is 3.55. The SMILES string of the molecule is CCOc1ccc(C(=O)OCC(=O)NCc2ccccc2Cl)cc1OCC. The molecule has 2 rings (SSSR count). The minimum atomic E-state index is -0.619. The predicted octanol–water partition coefficient (Wildman–Crippen LogP) is 3.61. The van der Waals surface area contributed by atoms with Crippen LogP contribution in [-0.2, 0) is 16.1 Å². The summed E-state index contributed by atoms with van der Waals surface area (Å²) in [7, 11) is 0. The number of amides is 1. The van der Waals surface area contributed by atoms with Gasteiger partial charge in [0.15, 0.2) is 18.1 Å². The van der Waals surface area contributed by atoms with Crippen LogP contribution in [0.15, 0.2) is 42.5 Å². The number of carbonyl (C=O) groups is 2. The average molecular weight is 392 g/mol. The van der Waals surface area contributed by atoms with E-state index in [9.17, 15) is 9.59 Å². The van der Waals surface area contributed by atoms with Gasteiger partial charge >= 0.3 is 5.97 Å². The number of nitrogens with one attached hydrogen (secondary N) is 1. The maximum absolute atomic E-state index is 12.2. The highest BCUT2D eigenvalue weighted by Gasteiger charge is 2.14. The summed E-state index contributed by atoms with van der Waals surface area (Å²) >= 11 is 6.03. The number of ether oxygens (including phenoxy) is 3. The van der Waals surface area contributed by atoms with E-state index in [0.29, 0.717) is 29.7 Å². The van der Waals surface area contributed by atoms with Crippen molar-refractivity contribution in [3.05, 3.63) is 58.6 Å². The summed E-state index contributed by atoms with van der Waals surface area (Å²) in [5.74, 6) is -0.0310. The number of benzene rings is 2. The Kier molecular flexibility index (Phi) is 7.95. The molecule has 2 aromatic rings. The molecule has 0 aromatic heterocycles. The topological polar surface area (TPSA) is 73.9 Å². The van der Waals surface area contributed by atoms with Crippen LogP contribution in [0, 0.1) is 0 Å². The molecule has 7 heteroatoms. The van der Waals surface area contributed by atoms with Crippen LogP contribution in [0.4, 0.5) is 0 Å². The molecule has 0 atom stereocenters. The fraction of sp³-hybridized carbons (Fsp3) is 0.300. The first kappa shape index (κ1) is 20.6. The fourth-order valence-electron chi connectivity index (χ4n) is 2.28. The molecule has 2 aromatic carbocycles. The van der Waals surface area contributed by atoms with E-state index >= 15 is 0 Å². The molecule has 0 radical (unpaired) electrons. The second kappa shape index (κ2) is 10.4. The van der Waals surface area contributed by atoms with Crippen LogP contribution in [0.1, 0.15) is 29.8 Å². The molecule has 0 saturated heterocycles. The van der Waals surface area contributed by atoms with E-state index in [0.717, 1.165) is 5.56 Å². The number of hydrogen-bond donors (Lipinski definition) is 1. The number of carbonyl (C=O) groups excluding carboxylic acids is 2. The summed E-state index contributed by atoms with van der Waals surface area (Å²) in [6.07, 6.45) is 0. The van der Waals surface area contributed by atoms with E-state index in [1.54, 1.807) is 24.3 Å². The molecule has 0 unspecified atom stereocenters. The molecule has 0 spiro atoms. The molecule has 0 aliphatic rings. The smallest absolute Gasteiger partial charge is 0.338 e. The molecule has 1 amide bonds. The van der Waals surface area contributed by atoms with Gasteiger partial charge in [-0.15, -0.1) is 0 Å². The Morgan fingerprint density at radius 3 is 2.41 bits per heavy atom. The second-order valence-electron chi connectivity index (χ2n) is 5.47. The first-order valence-electron chi connectivity index (χ1n) is 8.62. The van der Waals surface area contributed by atoms with Crippen molar-refractivity contribution < 1.29 is 23.8 Å². The number of halogens is 1. The van der Waals surface area contributed by atoms with Crippen molar-refractivity contribution in [2.75, 3.05) is 19.8 Å². The quantitative estimate of drug-likeness (QED) is 0.661. The number of rotatable bonds is 9. The van der Waals surface area contributed by atoms with Crippen LogP contribution < -0.4 is 14.8 Å². The van der Waals surface area contributed by atoms with Gasteiger partial charge in [-0.05, 0) is 43.7 Å². The summed E-state index contributed by atoms with van der Waals surface area (Å²) < 4.78 is 16.0. The molecule has 0 heterocycles. The van der Waals surface area contributed by atoms with E-state index in [-0.39, 0.29) is 18.7 Å². The lowest BCUT2D eigenvalue weighted by Gasteiger charge is -2.12. The van der Waals surface area contributed by atoms with Gasteiger partial charge in [0.1, 0.15) is 0 Å². The van der Waals surface area contributed by atoms with Gasteiger partial charge < -0.3 is 19.5 Å². The monoisotopic (exact) mass is 391 g/mol. The van der Waals surface area contributed by atoms with Crippen molar-refractivity contribution >= 4 is 23.5 Å². The number of hydrogen-bond acceptors (Lipinski definition) is 5. The Morgan fingerprint density at radius 2 is 1.70 bits per heavy atom. The first-order valence-corrected chi connectivity index (χ1v) is 8.99. The van der Waals surface area contributed by atoms with Gasteiger partial charge in [-0.25, -0.2) is 4.79 Å². The standard InChI is InChI=1S/C20H22ClNO5/c1-3-25-17-10-9-14(11-18(17)26-4-2)20(24)27-13-19(23)22-12-15-7-5-6-8-16(15)21/h5-11H,3-4,12-13H2,1-2H3,(H,22,23). The molecule has 6 nitrogen and oxygen atoms in total. The van der Waals surface area contributed by atoms with Crippen LogP contribution in [0.2, 0.25) is 5.02 Å². The molecule has 0 saturated carbocycles.